The average molecular weight is 707 g/mol. The summed E-state index contributed by atoms with van der Waals surface area (Å²) in [5, 5.41) is 14.7. The fourth-order valence-corrected chi connectivity index (χ4v) is 6.13. The van der Waals surface area contributed by atoms with E-state index in [9.17, 15) is 5.11 Å². The monoisotopic (exact) mass is 706 g/mol. The van der Waals surface area contributed by atoms with Crippen molar-refractivity contribution in [3.63, 3.8) is 0 Å². The van der Waals surface area contributed by atoms with Crippen LogP contribution in [0.1, 0.15) is 69.4 Å². The van der Waals surface area contributed by atoms with E-state index in [0.717, 1.165) is 45.9 Å². The molecule has 0 aliphatic heterocycles. The van der Waals surface area contributed by atoms with Crippen molar-refractivity contribution >= 4 is 34.6 Å². The Morgan fingerprint density at radius 1 is 0.566 bits per heavy atom. The number of hydrogen-bond donors (Lipinski definition) is 2. The van der Waals surface area contributed by atoms with Gasteiger partial charge in [0.1, 0.15) is 12.4 Å². The van der Waals surface area contributed by atoms with Gasteiger partial charge in [0.2, 0.25) is 11.9 Å². The lowest BCUT2D eigenvalue weighted by Gasteiger charge is -2.28. The van der Waals surface area contributed by atoms with E-state index in [2.05, 4.69) is 95.4 Å². The number of phenolic OH excluding ortho intramolecular Hbond substituents is 1. The fraction of sp³-hybridized carbons (Fsp3) is 0.267. The second-order valence-corrected chi connectivity index (χ2v) is 15.5. The largest absolute Gasteiger partial charge is 0.507 e. The van der Waals surface area contributed by atoms with E-state index in [1.54, 1.807) is 0 Å². The molecule has 0 radical (unpaired) electrons. The molecule has 0 spiro atoms. The van der Waals surface area contributed by atoms with E-state index >= 15 is 0 Å². The summed E-state index contributed by atoms with van der Waals surface area (Å²) in [6.45, 7) is 12.8. The van der Waals surface area contributed by atoms with Gasteiger partial charge in [-0.2, -0.15) is 15.0 Å². The van der Waals surface area contributed by atoms with Crippen LogP contribution >= 0.6 is 0 Å². The van der Waals surface area contributed by atoms with Crippen LogP contribution in [0.2, 0.25) is 0 Å². The number of para-hydroxylation sites is 1. The summed E-state index contributed by atoms with van der Waals surface area (Å²) in [6.07, 6.45) is 0.855. The first kappa shape index (κ1) is 36.9. The third-order valence-corrected chi connectivity index (χ3v) is 9.24. The Hall–Kier alpha value is -5.89. The smallest absolute Gasteiger partial charge is 0.323 e. The molecule has 272 valence electrons. The normalized spacial score (nSPS) is 11.6. The molecular weight excluding hydrogens is 657 g/mol. The van der Waals surface area contributed by atoms with Crippen LogP contribution in [0, 0.1) is 0 Å². The number of nitrogens with one attached hydrogen (secondary N) is 1. The molecule has 0 fully saturated rings. The van der Waals surface area contributed by atoms with Gasteiger partial charge >= 0.3 is 6.01 Å². The van der Waals surface area contributed by atoms with Crippen LogP contribution in [0.3, 0.4) is 0 Å². The minimum Gasteiger partial charge on any atom is -0.507 e. The lowest BCUT2D eigenvalue weighted by molar-refractivity contribution is 0.279. The molecule has 6 aromatic rings. The quantitative estimate of drug-likeness (QED) is 0.138. The van der Waals surface area contributed by atoms with Gasteiger partial charge in [-0.1, -0.05) is 102 Å². The van der Waals surface area contributed by atoms with E-state index in [4.69, 9.17) is 19.7 Å². The summed E-state index contributed by atoms with van der Waals surface area (Å²) >= 11 is 0. The third kappa shape index (κ3) is 9.13. The van der Waals surface area contributed by atoms with E-state index in [0.29, 0.717) is 17.6 Å². The standard InChI is InChI=1S/C45H50N6O2/c1-44(2,3)38-28-33(29-39(40(38)52)45(4,5)6)30-53-43-48-41(50(7)36-23-19-32(20-24-36)27-31-15-11-9-12-16-31)47-42(49-43)51(8)37-25-21-35(22-26-37)46-34-17-13-10-14-18-34/h9-26,28-29,46,52H,27,30H2,1-8H3. The molecule has 0 bridgehead atoms. The molecule has 0 aliphatic rings. The molecular formula is C45H50N6O2. The van der Waals surface area contributed by atoms with Crippen molar-refractivity contribution in [1.82, 2.24) is 15.0 Å². The van der Waals surface area contributed by atoms with Crippen LogP contribution in [0.4, 0.5) is 34.6 Å². The number of hydrogen-bond acceptors (Lipinski definition) is 8. The van der Waals surface area contributed by atoms with E-state index in [-0.39, 0.29) is 23.4 Å². The van der Waals surface area contributed by atoms with Gasteiger partial charge in [-0.3, -0.25) is 0 Å². The molecule has 53 heavy (non-hydrogen) atoms. The maximum absolute atomic E-state index is 11.3. The zero-order chi connectivity index (χ0) is 37.8. The lowest BCUT2D eigenvalue weighted by Crippen LogP contribution is -2.20. The Morgan fingerprint density at radius 2 is 1.02 bits per heavy atom. The van der Waals surface area contributed by atoms with Crippen molar-refractivity contribution in [3.05, 3.63) is 149 Å². The molecule has 8 heteroatoms. The van der Waals surface area contributed by atoms with Crippen molar-refractivity contribution in [2.75, 3.05) is 29.2 Å². The molecule has 0 atom stereocenters. The summed E-state index contributed by atoms with van der Waals surface area (Å²) in [6, 6.07) is 41.4. The number of aromatic nitrogens is 3. The van der Waals surface area contributed by atoms with Gasteiger partial charge in [-0.05, 0) is 106 Å². The summed E-state index contributed by atoms with van der Waals surface area (Å²) in [5.41, 5.74) is 8.48. The molecule has 1 aromatic heterocycles. The summed E-state index contributed by atoms with van der Waals surface area (Å²) in [5.74, 6) is 1.23. The van der Waals surface area contributed by atoms with Gasteiger partial charge in [0, 0.05) is 36.8 Å². The number of aromatic hydroxyl groups is 1. The number of phenols is 1. The highest BCUT2D eigenvalue weighted by Crippen LogP contribution is 2.40. The summed E-state index contributed by atoms with van der Waals surface area (Å²) in [7, 11) is 3.89. The van der Waals surface area contributed by atoms with Gasteiger partial charge in [-0.25, -0.2) is 0 Å². The number of rotatable bonds is 11. The maximum Gasteiger partial charge on any atom is 0.323 e. The van der Waals surface area contributed by atoms with Gasteiger partial charge in [-0.15, -0.1) is 0 Å². The van der Waals surface area contributed by atoms with Gasteiger partial charge in [0.05, 0.1) is 0 Å². The maximum atomic E-state index is 11.3. The zero-order valence-electron chi connectivity index (χ0n) is 32.1. The lowest BCUT2D eigenvalue weighted by atomic mass is 9.78. The van der Waals surface area contributed by atoms with Crippen molar-refractivity contribution < 1.29 is 9.84 Å². The molecule has 8 nitrogen and oxygen atoms in total. The Labute approximate surface area is 314 Å². The molecule has 2 N–H and O–H groups in total. The fourth-order valence-electron chi connectivity index (χ4n) is 6.13. The summed E-state index contributed by atoms with van der Waals surface area (Å²) < 4.78 is 6.38. The molecule has 0 unspecified atom stereocenters. The van der Waals surface area contributed by atoms with Gasteiger partial charge in [0.25, 0.3) is 0 Å². The topological polar surface area (TPSA) is 86.6 Å². The Bertz CT molecular complexity index is 1980. The molecule has 5 aromatic carbocycles. The van der Waals surface area contributed by atoms with E-state index in [1.807, 2.05) is 96.7 Å². The minimum atomic E-state index is -0.262. The number of nitrogens with zero attached hydrogens (tertiary/aromatic N) is 5. The first-order valence-corrected chi connectivity index (χ1v) is 18.0. The molecule has 1 heterocycles. The van der Waals surface area contributed by atoms with Crippen LogP contribution in [0.25, 0.3) is 0 Å². The molecule has 0 aliphatic carbocycles. The molecule has 6 rings (SSSR count). The highest BCUT2D eigenvalue weighted by molar-refractivity contribution is 5.66. The highest BCUT2D eigenvalue weighted by Gasteiger charge is 2.27. The Morgan fingerprint density at radius 3 is 1.53 bits per heavy atom. The first-order chi connectivity index (χ1) is 25.2. The minimum absolute atomic E-state index is 0.203. The number of benzene rings is 5. The number of ether oxygens (including phenoxy) is 1. The molecule has 0 amide bonds. The van der Waals surface area contributed by atoms with Gasteiger partial charge < -0.3 is 25.0 Å². The second-order valence-electron chi connectivity index (χ2n) is 15.5. The molecule has 0 saturated heterocycles. The van der Waals surface area contributed by atoms with Crippen molar-refractivity contribution in [3.8, 4) is 11.8 Å². The third-order valence-electron chi connectivity index (χ3n) is 9.24. The van der Waals surface area contributed by atoms with Crippen molar-refractivity contribution in [2.45, 2.75) is 65.4 Å². The average Bonchev–Trinajstić information content (AvgIpc) is 3.14. The van der Waals surface area contributed by atoms with Crippen LogP contribution in [0.15, 0.2) is 121 Å². The summed E-state index contributed by atoms with van der Waals surface area (Å²) in [4.78, 5) is 18.4. The Kier molecular flexibility index (Phi) is 10.7. The van der Waals surface area contributed by atoms with Crippen molar-refractivity contribution in [2.24, 2.45) is 0 Å². The van der Waals surface area contributed by atoms with Gasteiger partial charge in [0.15, 0.2) is 0 Å². The van der Waals surface area contributed by atoms with Crippen LogP contribution in [0.5, 0.6) is 11.8 Å². The van der Waals surface area contributed by atoms with Crippen LogP contribution < -0.4 is 19.9 Å². The predicted octanol–water partition coefficient (Wildman–Crippen LogP) is 10.6. The second kappa shape index (κ2) is 15.4. The van der Waals surface area contributed by atoms with E-state index in [1.165, 1.54) is 11.1 Å². The number of anilines is 6. The highest BCUT2D eigenvalue weighted by atomic mass is 16.5. The predicted molar refractivity (Wildman–Crippen MR) is 218 cm³/mol. The zero-order valence-corrected chi connectivity index (χ0v) is 32.1. The van der Waals surface area contributed by atoms with Crippen LogP contribution in [-0.4, -0.2) is 34.2 Å². The SMILES string of the molecule is CN(c1ccc(Cc2ccccc2)cc1)c1nc(OCc2cc(C(C)(C)C)c(O)c(C(C)(C)C)c2)nc(N(C)c2ccc(Nc3ccccc3)cc2)n1. The Balaban J connectivity index is 1.31. The van der Waals surface area contributed by atoms with Crippen LogP contribution in [-0.2, 0) is 23.9 Å². The van der Waals surface area contributed by atoms with E-state index < -0.39 is 0 Å². The molecule has 0 saturated carbocycles. The van der Waals surface area contributed by atoms with Crippen molar-refractivity contribution in [1.29, 1.82) is 0 Å². The first-order valence-electron chi connectivity index (χ1n) is 18.0.